The van der Waals surface area contributed by atoms with Gasteiger partial charge in [-0.25, -0.2) is 8.42 Å². The van der Waals surface area contributed by atoms with Crippen molar-refractivity contribution in [3.05, 3.63) is 29.8 Å². The monoisotopic (exact) mass is 267 g/mol. The summed E-state index contributed by atoms with van der Waals surface area (Å²) in [6.45, 7) is 7.41. The Balaban J connectivity index is 2.14. The van der Waals surface area contributed by atoms with E-state index in [0.29, 0.717) is 16.7 Å². The van der Waals surface area contributed by atoms with Crippen LogP contribution < -0.4 is 5.32 Å². The summed E-state index contributed by atoms with van der Waals surface area (Å²) in [6.07, 6.45) is 0. The predicted molar refractivity (Wildman–Crippen MR) is 73.2 cm³/mol. The Labute approximate surface area is 110 Å². The first-order chi connectivity index (χ1) is 8.42. The zero-order chi connectivity index (χ0) is 13.3. The summed E-state index contributed by atoms with van der Waals surface area (Å²) in [6, 6.07) is 7.26. The number of fused-ring (bicyclic) bond motifs is 1. The first kappa shape index (κ1) is 13.6. The van der Waals surface area contributed by atoms with Crippen molar-refractivity contribution in [3.8, 4) is 0 Å². The van der Waals surface area contributed by atoms with Crippen LogP contribution in [-0.4, -0.2) is 20.7 Å². The van der Waals surface area contributed by atoms with E-state index in [-0.39, 0.29) is 11.8 Å². The molecule has 0 radical (unpaired) electrons. The van der Waals surface area contributed by atoms with Crippen molar-refractivity contribution in [2.24, 2.45) is 11.8 Å². The van der Waals surface area contributed by atoms with Crippen LogP contribution in [0.15, 0.2) is 29.2 Å². The fourth-order valence-electron chi connectivity index (χ4n) is 2.18. The number of nitrogens with one attached hydrogen (secondary N) is 1. The molecule has 1 N–H and O–H groups in total. The number of sulfone groups is 1. The molecule has 100 valence electrons. The van der Waals surface area contributed by atoms with Gasteiger partial charge in [-0.3, -0.25) is 0 Å². The second kappa shape index (κ2) is 5.02. The van der Waals surface area contributed by atoms with Crippen LogP contribution in [0.1, 0.15) is 32.4 Å². The second-order valence-corrected chi connectivity index (χ2v) is 7.50. The van der Waals surface area contributed by atoms with E-state index in [1.165, 1.54) is 0 Å². The average Bonchev–Trinajstić information content (AvgIpc) is 2.59. The maximum absolute atomic E-state index is 12.0. The molecule has 0 saturated carbocycles. The molecule has 2 atom stereocenters. The van der Waals surface area contributed by atoms with Crippen LogP contribution in [0.2, 0.25) is 0 Å². The molecule has 1 aliphatic rings. The summed E-state index contributed by atoms with van der Waals surface area (Å²) in [5.74, 6) is 1.34. The van der Waals surface area contributed by atoms with Crippen LogP contribution >= 0.6 is 0 Å². The smallest absolute Gasteiger partial charge is 0.180 e. The van der Waals surface area contributed by atoms with Crippen molar-refractivity contribution >= 4 is 9.84 Å². The van der Waals surface area contributed by atoms with Crippen molar-refractivity contribution in [3.63, 3.8) is 0 Å². The average molecular weight is 267 g/mol. The van der Waals surface area contributed by atoms with Gasteiger partial charge in [0.2, 0.25) is 0 Å². The quantitative estimate of drug-likeness (QED) is 0.911. The summed E-state index contributed by atoms with van der Waals surface area (Å²) in [7, 11) is -3.09. The molecule has 0 saturated heterocycles. The van der Waals surface area contributed by atoms with Crippen molar-refractivity contribution in [1.29, 1.82) is 0 Å². The summed E-state index contributed by atoms with van der Waals surface area (Å²) < 4.78 is 24.0. The Bertz CT molecular complexity index is 522. The molecule has 1 aromatic rings. The minimum Gasteiger partial charge on any atom is -0.309 e. The molecule has 2 unspecified atom stereocenters. The molecule has 0 spiro atoms. The third kappa shape index (κ3) is 2.59. The van der Waals surface area contributed by atoms with Crippen LogP contribution in [-0.2, 0) is 9.84 Å². The predicted octanol–water partition coefficient (Wildman–Crippen LogP) is 2.40. The third-order valence-corrected chi connectivity index (χ3v) is 5.65. The fraction of sp³-hybridized carbons (Fsp3) is 0.571. The van der Waals surface area contributed by atoms with Gasteiger partial charge in [0.1, 0.15) is 0 Å². The van der Waals surface area contributed by atoms with Gasteiger partial charge in [0.05, 0.1) is 10.6 Å². The Morgan fingerprint density at radius 1 is 1.28 bits per heavy atom. The summed E-state index contributed by atoms with van der Waals surface area (Å²) in [5, 5.41) is 3.40. The van der Waals surface area contributed by atoms with Crippen LogP contribution in [0.25, 0.3) is 0 Å². The lowest BCUT2D eigenvalue weighted by Crippen LogP contribution is -2.29. The van der Waals surface area contributed by atoms with Gasteiger partial charge in [0.15, 0.2) is 9.84 Å². The van der Waals surface area contributed by atoms with Crippen LogP contribution in [0, 0.1) is 11.8 Å². The number of hydrogen-bond acceptors (Lipinski definition) is 3. The van der Waals surface area contributed by atoms with Gasteiger partial charge in [0, 0.05) is 6.04 Å². The molecular formula is C14H21NO2S. The van der Waals surface area contributed by atoms with Crippen molar-refractivity contribution in [1.82, 2.24) is 5.32 Å². The summed E-state index contributed by atoms with van der Waals surface area (Å²) >= 11 is 0. The standard InChI is InChI=1S/C14H21NO2S/c1-10(2)11(3)8-15-13-9-18(16,17)14-7-5-4-6-12(13)14/h4-7,10-11,13,15H,8-9H2,1-3H3. The highest BCUT2D eigenvalue weighted by molar-refractivity contribution is 7.91. The largest absolute Gasteiger partial charge is 0.309 e. The number of rotatable bonds is 4. The van der Waals surface area contributed by atoms with Gasteiger partial charge >= 0.3 is 0 Å². The molecule has 1 aromatic carbocycles. The van der Waals surface area contributed by atoms with Gasteiger partial charge in [-0.15, -0.1) is 0 Å². The van der Waals surface area contributed by atoms with Crippen molar-refractivity contribution in [2.45, 2.75) is 31.7 Å². The maximum atomic E-state index is 12.0. The highest BCUT2D eigenvalue weighted by atomic mass is 32.2. The lowest BCUT2D eigenvalue weighted by molar-refractivity contribution is 0.377. The van der Waals surface area contributed by atoms with Crippen LogP contribution in [0.3, 0.4) is 0 Å². The topological polar surface area (TPSA) is 46.2 Å². The van der Waals surface area contributed by atoms with E-state index in [1.54, 1.807) is 12.1 Å². The molecule has 3 nitrogen and oxygen atoms in total. The molecule has 0 fully saturated rings. The Hall–Kier alpha value is -0.870. The molecule has 18 heavy (non-hydrogen) atoms. The molecule has 1 aliphatic heterocycles. The van der Waals surface area contributed by atoms with Crippen LogP contribution in [0.5, 0.6) is 0 Å². The molecule has 0 aromatic heterocycles. The molecule has 0 bridgehead atoms. The number of hydrogen-bond donors (Lipinski definition) is 1. The highest BCUT2D eigenvalue weighted by Gasteiger charge is 2.34. The summed E-state index contributed by atoms with van der Waals surface area (Å²) in [4.78, 5) is 0.500. The zero-order valence-corrected chi connectivity index (χ0v) is 12.0. The lowest BCUT2D eigenvalue weighted by Gasteiger charge is -2.19. The van der Waals surface area contributed by atoms with Gasteiger partial charge in [-0.1, -0.05) is 39.0 Å². The fourth-order valence-corrected chi connectivity index (χ4v) is 3.95. The minimum absolute atomic E-state index is 0.0487. The first-order valence-electron chi connectivity index (χ1n) is 6.47. The van der Waals surface area contributed by atoms with E-state index in [9.17, 15) is 8.42 Å². The maximum Gasteiger partial charge on any atom is 0.180 e. The zero-order valence-electron chi connectivity index (χ0n) is 11.2. The third-order valence-electron chi connectivity index (χ3n) is 3.84. The molecule has 4 heteroatoms. The highest BCUT2D eigenvalue weighted by Crippen LogP contribution is 2.33. The second-order valence-electron chi connectivity index (χ2n) is 5.50. The van der Waals surface area contributed by atoms with Gasteiger partial charge in [-0.05, 0) is 30.0 Å². The van der Waals surface area contributed by atoms with E-state index in [0.717, 1.165) is 12.1 Å². The van der Waals surface area contributed by atoms with Crippen molar-refractivity contribution < 1.29 is 8.42 Å². The Kier molecular flexibility index (Phi) is 3.78. The molecule has 0 amide bonds. The molecular weight excluding hydrogens is 246 g/mol. The van der Waals surface area contributed by atoms with Crippen LogP contribution in [0.4, 0.5) is 0 Å². The number of benzene rings is 1. The minimum atomic E-state index is -3.09. The molecule has 2 rings (SSSR count). The SMILES string of the molecule is CC(C)C(C)CNC1CS(=O)(=O)c2ccccc21. The van der Waals surface area contributed by atoms with Gasteiger partial charge in [-0.2, -0.15) is 0 Å². The van der Waals surface area contributed by atoms with Gasteiger partial charge in [0.25, 0.3) is 0 Å². The van der Waals surface area contributed by atoms with E-state index in [2.05, 4.69) is 26.1 Å². The van der Waals surface area contributed by atoms with Crippen molar-refractivity contribution in [2.75, 3.05) is 12.3 Å². The summed E-state index contributed by atoms with van der Waals surface area (Å²) in [5.41, 5.74) is 0.924. The van der Waals surface area contributed by atoms with E-state index < -0.39 is 9.84 Å². The van der Waals surface area contributed by atoms with E-state index in [1.807, 2.05) is 12.1 Å². The Morgan fingerprint density at radius 3 is 2.61 bits per heavy atom. The van der Waals surface area contributed by atoms with Gasteiger partial charge < -0.3 is 5.32 Å². The normalized spacial score (nSPS) is 23.0. The molecule has 1 heterocycles. The lowest BCUT2D eigenvalue weighted by atomic mass is 9.97. The van der Waals surface area contributed by atoms with E-state index >= 15 is 0 Å². The molecule has 0 aliphatic carbocycles. The first-order valence-corrected chi connectivity index (χ1v) is 8.12. The Morgan fingerprint density at radius 2 is 1.94 bits per heavy atom. The van der Waals surface area contributed by atoms with E-state index in [4.69, 9.17) is 0 Å².